The minimum Gasteiger partial charge on any atom is -0.467 e. The van der Waals surface area contributed by atoms with E-state index in [4.69, 9.17) is 4.42 Å². The number of amides is 2. The first kappa shape index (κ1) is 24.5. The lowest BCUT2D eigenvalue weighted by atomic mass is 9.95. The Morgan fingerprint density at radius 2 is 1.74 bits per heavy atom. The van der Waals surface area contributed by atoms with Gasteiger partial charge in [-0.2, -0.15) is 4.31 Å². The summed E-state index contributed by atoms with van der Waals surface area (Å²) in [4.78, 5) is 27.9. The number of carbonyl (C=O) groups excluding carboxylic acids is 2. The van der Waals surface area contributed by atoms with Crippen molar-refractivity contribution in [3.05, 3.63) is 53.0 Å². The molecule has 2 saturated heterocycles. The molecule has 34 heavy (non-hydrogen) atoms. The SMILES string of the molecule is Cc1cc(C)c(S(=O)(=O)N2CCCC2C(=O)N2CCC(C(=O)NCc3ccco3)CC2)c(C)c1. The molecule has 2 fully saturated rings. The molecule has 8 nitrogen and oxygen atoms in total. The summed E-state index contributed by atoms with van der Waals surface area (Å²) in [5.41, 5.74) is 2.42. The molecule has 1 N–H and O–H groups in total. The highest BCUT2D eigenvalue weighted by Crippen LogP contribution is 2.32. The van der Waals surface area contributed by atoms with Gasteiger partial charge in [0.25, 0.3) is 0 Å². The zero-order valence-electron chi connectivity index (χ0n) is 20.0. The van der Waals surface area contributed by atoms with Crippen molar-refractivity contribution in [2.45, 2.75) is 63.9 Å². The van der Waals surface area contributed by atoms with Gasteiger partial charge in [0, 0.05) is 25.6 Å². The van der Waals surface area contributed by atoms with Crippen molar-refractivity contribution >= 4 is 21.8 Å². The van der Waals surface area contributed by atoms with Crippen LogP contribution < -0.4 is 5.32 Å². The van der Waals surface area contributed by atoms with E-state index in [-0.39, 0.29) is 17.7 Å². The summed E-state index contributed by atoms with van der Waals surface area (Å²) < 4.78 is 33.8. The summed E-state index contributed by atoms with van der Waals surface area (Å²) in [6, 6.07) is 6.64. The van der Waals surface area contributed by atoms with Gasteiger partial charge in [0.1, 0.15) is 11.8 Å². The minimum absolute atomic E-state index is 0.0427. The number of rotatable bonds is 6. The number of aryl methyl sites for hydroxylation is 3. The Kier molecular flexibility index (Phi) is 7.14. The predicted octanol–water partition coefficient (Wildman–Crippen LogP) is 2.91. The molecule has 9 heteroatoms. The third-order valence-electron chi connectivity index (χ3n) is 6.85. The molecule has 3 heterocycles. The van der Waals surface area contributed by atoms with Gasteiger partial charge in [0.15, 0.2) is 0 Å². The Hall–Kier alpha value is -2.65. The van der Waals surface area contributed by atoms with Gasteiger partial charge in [-0.15, -0.1) is 0 Å². The number of nitrogens with one attached hydrogen (secondary N) is 1. The number of hydrogen-bond acceptors (Lipinski definition) is 5. The highest BCUT2D eigenvalue weighted by molar-refractivity contribution is 7.89. The number of piperidine rings is 1. The van der Waals surface area contributed by atoms with E-state index in [0.717, 1.165) is 5.56 Å². The van der Waals surface area contributed by atoms with Gasteiger partial charge in [-0.3, -0.25) is 9.59 Å². The molecule has 184 valence electrons. The number of sulfonamides is 1. The van der Waals surface area contributed by atoms with Crippen molar-refractivity contribution in [1.29, 1.82) is 0 Å². The first-order valence-electron chi connectivity index (χ1n) is 11.9. The van der Waals surface area contributed by atoms with E-state index in [2.05, 4.69) is 5.32 Å². The van der Waals surface area contributed by atoms with E-state index in [1.54, 1.807) is 17.2 Å². The molecular formula is C25H33N3O5S. The fourth-order valence-corrected chi connectivity index (χ4v) is 7.34. The number of nitrogens with zero attached hydrogens (tertiary/aromatic N) is 2. The second-order valence-electron chi connectivity index (χ2n) is 9.40. The largest absolute Gasteiger partial charge is 0.467 e. The van der Waals surface area contributed by atoms with Crippen molar-refractivity contribution < 1.29 is 22.4 Å². The Balaban J connectivity index is 1.40. The predicted molar refractivity (Wildman–Crippen MR) is 127 cm³/mol. The van der Waals surface area contributed by atoms with Crippen molar-refractivity contribution in [2.24, 2.45) is 5.92 Å². The fourth-order valence-electron chi connectivity index (χ4n) is 5.27. The van der Waals surface area contributed by atoms with Crippen molar-refractivity contribution in [3.8, 4) is 0 Å². The second kappa shape index (κ2) is 9.92. The van der Waals surface area contributed by atoms with Gasteiger partial charge in [0.2, 0.25) is 21.8 Å². The van der Waals surface area contributed by atoms with Crippen LogP contribution in [0.5, 0.6) is 0 Å². The maximum absolute atomic E-state index is 13.6. The van der Waals surface area contributed by atoms with E-state index < -0.39 is 16.1 Å². The molecule has 0 radical (unpaired) electrons. The summed E-state index contributed by atoms with van der Waals surface area (Å²) in [6.45, 7) is 7.15. The van der Waals surface area contributed by atoms with Crippen LogP contribution in [0.1, 0.15) is 48.1 Å². The lowest BCUT2D eigenvalue weighted by molar-refractivity contribution is -0.138. The van der Waals surface area contributed by atoms with E-state index in [0.29, 0.717) is 73.6 Å². The lowest BCUT2D eigenvalue weighted by Gasteiger charge is -2.35. The van der Waals surface area contributed by atoms with E-state index in [1.807, 2.05) is 39.0 Å². The van der Waals surface area contributed by atoms with Crippen molar-refractivity contribution in [2.75, 3.05) is 19.6 Å². The van der Waals surface area contributed by atoms with Gasteiger partial charge >= 0.3 is 0 Å². The van der Waals surface area contributed by atoms with Crippen LogP contribution in [0.25, 0.3) is 0 Å². The number of furan rings is 1. The molecule has 2 aromatic rings. The standard InChI is InChI=1S/C25H33N3O5S/c1-17-14-18(2)23(19(3)15-17)34(31,32)28-10-4-7-22(28)25(30)27-11-8-20(9-12-27)24(29)26-16-21-6-5-13-33-21/h5-6,13-15,20,22H,4,7-12,16H2,1-3H3,(H,26,29). The van der Waals surface area contributed by atoms with Crippen LogP contribution in [0.2, 0.25) is 0 Å². The number of likely N-dealkylation sites (tertiary alicyclic amines) is 1. The number of hydrogen-bond donors (Lipinski definition) is 1. The third-order valence-corrected chi connectivity index (χ3v) is 9.07. The van der Waals surface area contributed by atoms with Crippen LogP contribution in [-0.2, 0) is 26.2 Å². The third kappa shape index (κ3) is 4.90. The first-order chi connectivity index (χ1) is 16.2. The Bertz CT molecular complexity index is 1130. The summed E-state index contributed by atoms with van der Waals surface area (Å²) in [6.07, 6.45) is 3.87. The highest BCUT2D eigenvalue weighted by atomic mass is 32.2. The number of carbonyl (C=O) groups is 2. The summed E-state index contributed by atoms with van der Waals surface area (Å²) in [5.74, 6) is 0.333. The van der Waals surface area contributed by atoms with Crippen LogP contribution in [0, 0.1) is 26.7 Å². The first-order valence-corrected chi connectivity index (χ1v) is 13.3. The van der Waals surface area contributed by atoms with Crippen LogP contribution in [0.3, 0.4) is 0 Å². The Morgan fingerprint density at radius 3 is 2.35 bits per heavy atom. The summed E-state index contributed by atoms with van der Waals surface area (Å²) in [7, 11) is -3.79. The van der Waals surface area contributed by atoms with E-state index >= 15 is 0 Å². The average Bonchev–Trinajstić information content (AvgIpc) is 3.48. The van der Waals surface area contributed by atoms with Gasteiger partial charge in [0.05, 0.1) is 17.7 Å². The molecule has 1 aromatic carbocycles. The Morgan fingerprint density at radius 1 is 1.06 bits per heavy atom. The smallest absolute Gasteiger partial charge is 0.244 e. The molecule has 0 bridgehead atoms. The van der Waals surface area contributed by atoms with Crippen LogP contribution >= 0.6 is 0 Å². The molecule has 1 unspecified atom stereocenters. The van der Waals surface area contributed by atoms with Crippen molar-refractivity contribution in [1.82, 2.24) is 14.5 Å². The molecule has 1 atom stereocenters. The summed E-state index contributed by atoms with van der Waals surface area (Å²) in [5, 5.41) is 2.89. The monoisotopic (exact) mass is 487 g/mol. The van der Waals surface area contributed by atoms with Crippen LogP contribution in [0.15, 0.2) is 39.8 Å². The zero-order chi connectivity index (χ0) is 24.5. The maximum Gasteiger partial charge on any atom is 0.244 e. The molecule has 0 saturated carbocycles. The molecule has 1 aromatic heterocycles. The van der Waals surface area contributed by atoms with E-state index in [9.17, 15) is 18.0 Å². The van der Waals surface area contributed by atoms with E-state index in [1.165, 1.54) is 4.31 Å². The second-order valence-corrected chi connectivity index (χ2v) is 11.2. The lowest BCUT2D eigenvalue weighted by Crippen LogP contribution is -2.51. The normalized spacial score (nSPS) is 20.0. The highest BCUT2D eigenvalue weighted by Gasteiger charge is 2.43. The molecule has 2 aliphatic heterocycles. The van der Waals surface area contributed by atoms with Crippen LogP contribution in [-0.4, -0.2) is 55.1 Å². The fraction of sp³-hybridized carbons (Fsp3) is 0.520. The minimum atomic E-state index is -3.79. The molecule has 2 amide bonds. The Labute approximate surface area is 201 Å². The number of benzene rings is 1. The summed E-state index contributed by atoms with van der Waals surface area (Å²) >= 11 is 0. The van der Waals surface area contributed by atoms with Crippen LogP contribution in [0.4, 0.5) is 0 Å². The van der Waals surface area contributed by atoms with Gasteiger partial charge in [-0.1, -0.05) is 17.7 Å². The molecule has 0 spiro atoms. The quantitative estimate of drug-likeness (QED) is 0.675. The topological polar surface area (TPSA) is 99.9 Å². The van der Waals surface area contributed by atoms with Gasteiger partial charge in [-0.25, -0.2) is 8.42 Å². The molecule has 4 rings (SSSR count). The molecule has 2 aliphatic rings. The average molecular weight is 488 g/mol. The molecular weight excluding hydrogens is 454 g/mol. The van der Waals surface area contributed by atoms with Gasteiger partial charge < -0.3 is 14.6 Å². The maximum atomic E-state index is 13.6. The molecule has 0 aliphatic carbocycles. The zero-order valence-corrected chi connectivity index (χ0v) is 20.9. The van der Waals surface area contributed by atoms with Crippen molar-refractivity contribution in [3.63, 3.8) is 0 Å². The van der Waals surface area contributed by atoms with Gasteiger partial charge in [-0.05, 0) is 69.7 Å².